The van der Waals surface area contributed by atoms with Gasteiger partial charge in [-0.05, 0) is 31.0 Å². The van der Waals surface area contributed by atoms with Gasteiger partial charge in [0.15, 0.2) is 0 Å². The fourth-order valence-electron chi connectivity index (χ4n) is 1.87. The molecule has 6 heteroatoms. The van der Waals surface area contributed by atoms with Crippen molar-refractivity contribution in [1.29, 1.82) is 0 Å². The van der Waals surface area contributed by atoms with E-state index in [4.69, 9.17) is 22.1 Å². The number of nitrogens with two attached hydrogens (primary N) is 1. The highest BCUT2D eigenvalue weighted by molar-refractivity contribution is 6.30. The third-order valence-corrected chi connectivity index (χ3v) is 3.16. The van der Waals surface area contributed by atoms with Gasteiger partial charge in [-0.1, -0.05) is 11.6 Å². The fourth-order valence-corrected chi connectivity index (χ4v) is 1.99. The largest absolute Gasteiger partial charge is 0.364 e. The minimum absolute atomic E-state index is 0.0216. The van der Waals surface area contributed by atoms with E-state index in [1.807, 2.05) is 0 Å². The lowest BCUT2D eigenvalue weighted by Gasteiger charge is -2.12. The summed E-state index contributed by atoms with van der Waals surface area (Å²) in [5, 5.41) is 2.61. The maximum Gasteiger partial charge on any atom is 0.253 e. The van der Waals surface area contributed by atoms with E-state index < -0.39 is 11.9 Å². The van der Waals surface area contributed by atoms with Gasteiger partial charge in [-0.15, -0.1) is 0 Å². The Bertz CT molecular complexity index is 456. The van der Waals surface area contributed by atoms with Crippen LogP contribution >= 0.6 is 11.6 Å². The summed E-state index contributed by atoms with van der Waals surface area (Å²) in [7, 11) is 0. The lowest BCUT2D eigenvalue weighted by Crippen LogP contribution is -2.29. The number of carbonyl (C=O) groups is 1. The van der Waals surface area contributed by atoms with Crippen LogP contribution in [-0.4, -0.2) is 24.7 Å². The predicted octanol–water partition coefficient (Wildman–Crippen LogP) is 1.92. The number of nitrogens with one attached hydrogen (secondary N) is 1. The molecule has 1 amide bonds. The third kappa shape index (κ3) is 2.98. The van der Waals surface area contributed by atoms with E-state index in [1.165, 1.54) is 12.1 Å². The summed E-state index contributed by atoms with van der Waals surface area (Å²) < 4.78 is 18.6. The number of halogens is 2. The second-order valence-corrected chi connectivity index (χ2v) is 4.59. The molecule has 1 aliphatic heterocycles. The van der Waals surface area contributed by atoms with Gasteiger partial charge in [0.2, 0.25) is 0 Å². The molecular weight excluding hydrogens is 259 g/mol. The van der Waals surface area contributed by atoms with Crippen molar-refractivity contribution in [2.24, 2.45) is 5.73 Å². The second kappa shape index (κ2) is 5.65. The molecule has 0 spiro atoms. The van der Waals surface area contributed by atoms with Crippen molar-refractivity contribution in [2.45, 2.75) is 25.0 Å². The van der Waals surface area contributed by atoms with Crippen LogP contribution in [0.2, 0.25) is 5.02 Å². The van der Waals surface area contributed by atoms with Crippen molar-refractivity contribution in [3.05, 3.63) is 29.0 Å². The molecule has 0 saturated carbocycles. The molecular formula is C12H14ClFN2O2. The minimum Gasteiger partial charge on any atom is -0.364 e. The Balaban J connectivity index is 1.97. The smallest absolute Gasteiger partial charge is 0.253 e. The van der Waals surface area contributed by atoms with Crippen LogP contribution in [0.25, 0.3) is 0 Å². The Morgan fingerprint density at radius 2 is 2.33 bits per heavy atom. The topological polar surface area (TPSA) is 64.4 Å². The van der Waals surface area contributed by atoms with E-state index in [0.717, 1.165) is 6.42 Å². The number of benzene rings is 1. The normalized spacial score (nSPS) is 23.1. The predicted molar refractivity (Wildman–Crippen MR) is 67.0 cm³/mol. The van der Waals surface area contributed by atoms with E-state index in [1.54, 1.807) is 6.07 Å². The van der Waals surface area contributed by atoms with E-state index >= 15 is 0 Å². The van der Waals surface area contributed by atoms with Crippen LogP contribution in [0.5, 0.6) is 0 Å². The second-order valence-electron chi connectivity index (χ2n) is 4.18. The van der Waals surface area contributed by atoms with Gasteiger partial charge in [0.1, 0.15) is 11.9 Å². The lowest BCUT2D eigenvalue weighted by atomic mass is 10.2. The highest BCUT2D eigenvalue weighted by atomic mass is 35.5. The number of carbonyl (C=O) groups excluding carboxylic acids is 1. The van der Waals surface area contributed by atoms with Crippen molar-refractivity contribution in [1.82, 2.24) is 0 Å². The SMILES string of the molecule is NCC1CCC(C(=O)Nc2ccc(Cl)c(F)c2)O1. The highest BCUT2D eigenvalue weighted by Crippen LogP contribution is 2.22. The number of anilines is 1. The zero-order valence-corrected chi connectivity index (χ0v) is 10.4. The molecule has 1 saturated heterocycles. The zero-order valence-electron chi connectivity index (χ0n) is 9.66. The lowest BCUT2D eigenvalue weighted by molar-refractivity contribution is -0.126. The number of ether oxygens (including phenoxy) is 1. The Morgan fingerprint density at radius 3 is 2.94 bits per heavy atom. The summed E-state index contributed by atoms with van der Waals surface area (Å²) in [6.45, 7) is 0.402. The molecule has 2 atom stereocenters. The van der Waals surface area contributed by atoms with Crippen LogP contribution in [0.15, 0.2) is 18.2 Å². The number of hydrogen-bond donors (Lipinski definition) is 2. The van der Waals surface area contributed by atoms with Crippen molar-refractivity contribution in [3.8, 4) is 0 Å². The maximum atomic E-state index is 13.2. The number of amides is 1. The molecule has 98 valence electrons. The van der Waals surface area contributed by atoms with E-state index in [9.17, 15) is 9.18 Å². The van der Waals surface area contributed by atoms with Crippen molar-refractivity contribution < 1.29 is 13.9 Å². The van der Waals surface area contributed by atoms with Gasteiger partial charge >= 0.3 is 0 Å². The van der Waals surface area contributed by atoms with E-state index in [0.29, 0.717) is 18.7 Å². The maximum absolute atomic E-state index is 13.2. The van der Waals surface area contributed by atoms with Crippen molar-refractivity contribution in [2.75, 3.05) is 11.9 Å². The van der Waals surface area contributed by atoms with Crippen LogP contribution in [0.4, 0.5) is 10.1 Å². The van der Waals surface area contributed by atoms with Crippen LogP contribution in [0.3, 0.4) is 0 Å². The molecule has 1 aromatic carbocycles. The molecule has 1 aromatic rings. The zero-order chi connectivity index (χ0) is 13.1. The molecule has 0 bridgehead atoms. The average Bonchev–Trinajstić information content (AvgIpc) is 2.82. The molecule has 0 aromatic heterocycles. The van der Waals surface area contributed by atoms with Gasteiger partial charge in [0.05, 0.1) is 11.1 Å². The first-order chi connectivity index (χ1) is 8.60. The number of hydrogen-bond acceptors (Lipinski definition) is 3. The molecule has 18 heavy (non-hydrogen) atoms. The molecule has 1 aliphatic rings. The molecule has 1 heterocycles. The highest BCUT2D eigenvalue weighted by Gasteiger charge is 2.29. The summed E-state index contributed by atoms with van der Waals surface area (Å²) in [5.74, 6) is -0.852. The summed E-state index contributed by atoms with van der Waals surface area (Å²) in [4.78, 5) is 11.8. The van der Waals surface area contributed by atoms with Crippen LogP contribution in [0.1, 0.15) is 12.8 Å². The van der Waals surface area contributed by atoms with Crippen LogP contribution in [-0.2, 0) is 9.53 Å². The first-order valence-corrected chi connectivity index (χ1v) is 6.09. The van der Waals surface area contributed by atoms with Gasteiger partial charge in [0.25, 0.3) is 5.91 Å². The quantitative estimate of drug-likeness (QED) is 0.884. The molecule has 4 nitrogen and oxygen atoms in total. The summed E-state index contributed by atoms with van der Waals surface area (Å²) >= 11 is 5.56. The number of rotatable bonds is 3. The molecule has 2 unspecified atom stereocenters. The average molecular weight is 273 g/mol. The monoisotopic (exact) mass is 272 g/mol. The molecule has 1 fully saturated rings. The van der Waals surface area contributed by atoms with Gasteiger partial charge in [0, 0.05) is 12.2 Å². The molecule has 0 radical (unpaired) electrons. The Kier molecular flexibility index (Phi) is 4.16. The summed E-state index contributed by atoms with van der Waals surface area (Å²) in [6, 6.07) is 4.11. The van der Waals surface area contributed by atoms with Gasteiger partial charge < -0.3 is 15.8 Å². The first kappa shape index (κ1) is 13.3. The van der Waals surface area contributed by atoms with E-state index in [2.05, 4.69) is 5.32 Å². The Labute approximate surface area is 109 Å². The van der Waals surface area contributed by atoms with Gasteiger partial charge in [-0.3, -0.25) is 4.79 Å². The Morgan fingerprint density at radius 1 is 1.56 bits per heavy atom. The molecule has 0 aliphatic carbocycles. The van der Waals surface area contributed by atoms with E-state index in [-0.39, 0.29) is 17.0 Å². The minimum atomic E-state index is -0.568. The Hall–Kier alpha value is -1.17. The third-order valence-electron chi connectivity index (χ3n) is 2.85. The molecule has 2 rings (SSSR count). The van der Waals surface area contributed by atoms with Crippen LogP contribution < -0.4 is 11.1 Å². The standard InChI is InChI=1S/C12H14ClFN2O2/c13-9-3-1-7(5-10(9)14)16-12(17)11-4-2-8(6-15)18-11/h1,3,5,8,11H,2,4,6,15H2,(H,16,17). The van der Waals surface area contributed by atoms with Crippen LogP contribution in [0, 0.1) is 5.82 Å². The summed E-state index contributed by atoms with van der Waals surface area (Å²) in [6.07, 6.45) is 0.813. The first-order valence-electron chi connectivity index (χ1n) is 5.71. The van der Waals surface area contributed by atoms with Gasteiger partial charge in [-0.25, -0.2) is 4.39 Å². The van der Waals surface area contributed by atoms with Gasteiger partial charge in [-0.2, -0.15) is 0 Å². The van der Waals surface area contributed by atoms with Crippen molar-refractivity contribution >= 4 is 23.2 Å². The molecule has 3 N–H and O–H groups in total. The fraction of sp³-hybridized carbons (Fsp3) is 0.417. The van der Waals surface area contributed by atoms with Crippen molar-refractivity contribution in [3.63, 3.8) is 0 Å². The summed E-state index contributed by atoms with van der Waals surface area (Å²) in [5.41, 5.74) is 5.83.